The second kappa shape index (κ2) is 9.33. The number of carbonyl (C=O) groups excluding carboxylic acids is 1. The average molecular weight is 408 g/mol. The summed E-state index contributed by atoms with van der Waals surface area (Å²) < 4.78 is 40.1. The molecule has 0 saturated carbocycles. The summed E-state index contributed by atoms with van der Waals surface area (Å²) in [6.45, 7) is -0.0540. The normalized spacial score (nSPS) is 11.1. The lowest BCUT2D eigenvalue weighted by Crippen LogP contribution is -2.32. The van der Waals surface area contributed by atoms with Gasteiger partial charge in [0.2, 0.25) is 5.91 Å². The van der Waals surface area contributed by atoms with Crippen LogP contribution in [0.15, 0.2) is 30.9 Å². The van der Waals surface area contributed by atoms with Gasteiger partial charge < -0.3 is 10.4 Å². The topological polar surface area (TPSA) is 100 Å². The molecule has 0 atom stereocenters. The quantitative estimate of drug-likeness (QED) is 0.728. The number of anilines is 1. The number of amides is 1. The van der Waals surface area contributed by atoms with Crippen LogP contribution < -0.4 is 5.32 Å². The highest BCUT2D eigenvalue weighted by molar-refractivity contribution is 5.94. The van der Waals surface area contributed by atoms with Crippen molar-refractivity contribution in [2.45, 2.75) is 12.6 Å². The number of aliphatic carboxylic acids is 1. The van der Waals surface area contributed by atoms with Gasteiger partial charge in [-0.05, 0) is 25.2 Å². The van der Waals surface area contributed by atoms with Crippen LogP contribution in [0.25, 0.3) is 5.69 Å². The number of halogens is 4. The zero-order valence-electron chi connectivity index (χ0n) is 14.1. The predicted molar refractivity (Wildman–Crippen MR) is 92.0 cm³/mol. The minimum absolute atomic E-state index is 0. The van der Waals surface area contributed by atoms with E-state index in [1.54, 1.807) is 0 Å². The Morgan fingerprint density at radius 1 is 1.33 bits per heavy atom. The number of hydrogen-bond acceptors (Lipinski definition) is 5. The minimum atomic E-state index is -4.57. The maximum absolute atomic E-state index is 13.0. The van der Waals surface area contributed by atoms with E-state index in [1.807, 2.05) is 0 Å². The van der Waals surface area contributed by atoms with Crippen LogP contribution in [0.1, 0.15) is 12.0 Å². The predicted octanol–water partition coefficient (Wildman–Crippen LogP) is 2.05. The van der Waals surface area contributed by atoms with Crippen LogP contribution >= 0.6 is 12.4 Å². The fourth-order valence-electron chi connectivity index (χ4n) is 2.15. The molecule has 0 spiro atoms. The third kappa shape index (κ3) is 6.53. The number of carboxylic acid groups (broad SMARTS) is 1. The molecule has 2 rings (SSSR count). The van der Waals surface area contributed by atoms with Crippen LogP contribution in [0.5, 0.6) is 0 Å². The molecule has 0 radical (unpaired) electrons. The van der Waals surface area contributed by atoms with Crippen molar-refractivity contribution in [1.29, 1.82) is 0 Å². The molecule has 0 aliphatic carbocycles. The van der Waals surface area contributed by atoms with Crippen molar-refractivity contribution in [1.82, 2.24) is 19.7 Å². The third-order valence-corrected chi connectivity index (χ3v) is 3.38. The largest absolute Gasteiger partial charge is 0.481 e. The van der Waals surface area contributed by atoms with E-state index in [9.17, 15) is 22.8 Å². The Bertz CT molecular complexity index is 783. The maximum atomic E-state index is 13.0. The highest BCUT2D eigenvalue weighted by Gasteiger charge is 2.31. The number of hydrogen-bond donors (Lipinski definition) is 2. The molecular weight excluding hydrogens is 391 g/mol. The summed E-state index contributed by atoms with van der Waals surface area (Å²) in [6.07, 6.45) is -2.23. The lowest BCUT2D eigenvalue weighted by Gasteiger charge is -2.17. The summed E-state index contributed by atoms with van der Waals surface area (Å²) in [7, 11) is 1.53. The summed E-state index contributed by atoms with van der Waals surface area (Å²) in [5.41, 5.74) is -0.783. The molecule has 2 aromatic rings. The van der Waals surface area contributed by atoms with E-state index >= 15 is 0 Å². The lowest BCUT2D eigenvalue weighted by atomic mass is 10.1. The third-order valence-electron chi connectivity index (χ3n) is 3.38. The Morgan fingerprint density at radius 2 is 2.04 bits per heavy atom. The monoisotopic (exact) mass is 407 g/mol. The molecular formula is C15H17ClF3N5O3. The van der Waals surface area contributed by atoms with E-state index < -0.39 is 23.6 Å². The molecule has 1 aromatic heterocycles. The van der Waals surface area contributed by atoms with E-state index in [1.165, 1.54) is 35.4 Å². The molecule has 1 aromatic carbocycles. The smallest absolute Gasteiger partial charge is 0.416 e. The van der Waals surface area contributed by atoms with Crippen LogP contribution in [0.2, 0.25) is 0 Å². The Balaban J connectivity index is 0.00000364. The Hall–Kier alpha value is -2.66. The summed E-state index contributed by atoms with van der Waals surface area (Å²) in [4.78, 5) is 27.8. The number of nitrogens with zero attached hydrogens (tertiary/aromatic N) is 4. The van der Waals surface area contributed by atoms with Crippen LogP contribution in [-0.2, 0) is 15.8 Å². The van der Waals surface area contributed by atoms with Gasteiger partial charge in [0, 0.05) is 6.54 Å². The van der Waals surface area contributed by atoms with E-state index in [0.29, 0.717) is 0 Å². The summed E-state index contributed by atoms with van der Waals surface area (Å²) in [5, 5.41) is 14.9. The minimum Gasteiger partial charge on any atom is -0.481 e. The highest BCUT2D eigenvalue weighted by Crippen LogP contribution is 2.33. The molecule has 1 heterocycles. The Kier molecular flexibility index (Phi) is 7.73. The average Bonchev–Trinajstić information content (AvgIpc) is 3.06. The molecule has 0 aliphatic rings. The SMILES string of the molecule is CN(CCC(=O)O)CC(=O)Nc1cc(C(F)(F)F)ccc1-n1cncn1.Cl. The lowest BCUT2D eigenvalue weighted by molar-refractivity contribution is -0.138. The van der Waals surface area contributed by atoms with Gasteiger partial charge in [-0.1, -0.05) is 0 Å². The van der Waals surface area contributed by atoms with E-state index in [-0.39, 0.29) is 43.3 Å². The van der Waals surface area contributed by atoms with Crippen molar-refractivity contribution in [3.05, 3.63) is 36.4 Å². The van der Waals surface area contributed by atoms with Gasteiger partial charge in [0.25, 0.3) is 0 Å². The zero-order valence-corrected chi connectivity index (χ0v) is 14.9. The number of carboxylic acids is 1. The number of alkyl halides is 3. The molecule has 148 valence electrons. The standard InChI is InChI=1S/C15H16F3N5O3.ClH/c1-22(5-4-14(25)26)7-13(24)21-11-6-10(15(16,17)18)2-3-12(11)23-9-19-8-20-23;/h2-3,6,8-9H,4-5,7H2,1H3,(H,21,24)(H,25,26);1H. The first-order valence-electron chi connectivity index (χ1n) is 7.43. The highest BCUT2D eigenvalue weighted by atomic mass is 35.5. The summed E-state index contributed by atoms with van der Waals surface area (Å²) in [5.74, 6) is -1.60. The van der Waals surface area contributed by atoms with Gasteiger partial charge >= 0.3 is 12.1 Å². The van der Waals surface area contributed by atoms with Crippen molar-refractivity contribution in [2.24, 2.45) is 0 Å². The number of likely N-dealkylation sites (N-methyl/N-ethyl adjacent to an activating group) is 1. The van der Waals surface area contributed by atoms with E-state index in [2.05, 4.69) is 15.4 Å². The summed E-state index contributed by atoms with van der Waals surface area (Å²) in [6, 6.07) is 2.87. The fourth-order valence-corrected chi connectivity index (χ4v) is 2.15. The van der Waals surface area contributed by atoms with Gasteiger partial charge in [0.05, 0.1) is 29.9 Å². The van der Waals surface area contributed by atoms with Gasteiger partial charge in [-0.2, -0.15) is 18.3 Å². The molecule has 0 unspecified atom stereocenters. The molecule has 8 nitrogen and oxygen atoms in total. The number of aromatic nitrogens is 3. The van der Waals surface area contributed by atoms with E-state index in [0.717, 1.165) is 12.1 Å². The van der Waals surface area contributed by atoms with Crippen LogP contribution in [0.3, 0.4) is 0 Å². The maximum Gasteiger partial charge on any atom is 0.416 e. The van der Waals surface area contributed by atoms with E-state index in [4.69, 9.17) is 5.11 Å². The van der Waals surface area contributed by atoms with Crippen molar-refractivity contribution in [2.75, 3.05) is 25.5 Å². The van der Waals surface area contributed by atoms with Crippen LogP contribution in [0.4, 0.5) is 18.9 Å². The van der Waals surface area contributed by atoms with Gasteiger partial charge in [0.15, 0.2) is 0 Å². The molecule has 0 fully saturated rings. The number of nitrogens with one attached hydrogen (secondary N) is 1. The van der Waals surface area contributed by atoms with Gasteiger partial charge in [0.1, 0.15) is 12.7 Å². The van der Waals surface area contributed by atoms with Crippen molar-refractivity contribution >= 4 is 30.0 Å². The first-order valence-corrected chi connectivity index (χ1v) is 7.43. The number of benzene rings is 1. The second-order valence-corrected chi connectivity index (χ2v) is 5.50. The fraction of sp³-hybridized carbons (Fsp3) is 0.333. The van der Waals surface area contributed by atoms with Crippen molar-refractivity contribution < 1.29 is 27.9 Å². The van der Waals surface area contributed by atoms with Crippen molar-refractivity contribution in [3.63, 3.8) is 0 Å². The molecule has 1 amide bonds. The first kappa shape index (κ1) is 22.4. The number of rotatable bonds is 7. The first-order chi connectivity index (χ1) is 12.2. The van der Waals surface area contributed by atoms with Crippen molar-refractivity contribution in [3.8, 4) is 5.69 Å². The molecule has 27 heavy (non-hydrogen) atoms. The Labute approximate surface area is 158 Å². The number of carbonyl (C=O) groups is 2. The van der Waals surface area contributed by atoms with Gasteiger partial charge in [-0.15, -0.1) is 12.4 Å². The zero-order chi connectivity index (χ0) is 19.3. The Morgan fingerprint density at radius 3 is 2.59 bits per heavy atom. The summed E-state index contributed by atoms with van der Waals surface area (Å²) >= 11 is 0. The second-order valence-electron chi connectivity index (χ2n) is 5.50. The molecule has 2 N–H and O–H groups in total. The van der Waals surface area contributed by atoms with Crippen LogP contribution in [-0.4, -0.2) is 56.8 Å². The molecule has 0 saturated heterocycles. The molecule has 12 heteroatoms. The van der Waals surface area contributed by atoms with Gasteiger partial charge in [-0.25, -0.2) is 9.67 Å². The van der Waals surface area contributed by atoms with Gasteiger partial charge in [-0.3, -0.25) is 14.5 Å². The molecule has 0 aliphatic heterocycles. The molecule has 0 bridgehead atoms. The van der Waals surface area contributed by atoms with Crippen LogP contribution in [0, 0.1) is 0 Å².